The number of thiophene rings is 1. The third-order valence-corrected chi connectivity index (χ3v) is 6.79. The molecule has 0 fully saturated rings. The van der Waals surface area contributed by atoms with E-state index in [0.717, 1.165) is 23.3 Å². The second-order valence-corrected chi connectivity index (χ2v) is 7.59. The van der Waals surface area contributed by atoms with Crippen LogP contribution in [0.5, 0.6) is 0 Å². The van der Waals surface area contributed by atoms with Gasteiger partial charge in [0.15, 0.2) is 0 Å². The third kappa shape index (κ3) is 3.37. The quantitative estimate of drug-likeness (QED) is 0.842. The van der Waals surface area contributed by atoms with Crippen LogP contribution in [0.3, 0.4) is 0 Å². The van der Waals surface area contributed by atoms with Crippen LogP contribution in [0.1, 0.15) is 37.1 Å². The van der Waals surface area contributed by atoms with Gasteiger partial charge in [-0.15, -0.1) is 11.3 Å². The Kier molecular flexibility index (Phi) is 5.98. The van der Waals surface area contributed by atoms with Gasteiger partial charge in [0.1, 0.15) is 4.90 Å². The van der Waals surface area contributed by atoms with Crippen molar-refractivity contribution in [1.82, 2.24) is 9.62 Å². The lowest BCUT2D eigenvalue weighted by Crippen LogP contribution is -2.36. The molecule has 1 aromatic heterocycles. The highest BCUT2D eigenvalue weighted by Crippen LogP contribution is 2.30. The normalized spacial score (nSPS) is 12.6. The highest BCUT2D eigenvalue weighted by Gasteiger charge is 2.30. The topological polar surface area (TPSA) is 49.4 Å². The molecule has 0 aliphatic carbocycles. The van der Waals surface area contributed by atoms with E-state index in [1.807, 2.05) is 33.2 Å². The van der Waals surface area contributed by atoms with Gasteiger partial charge >= 0.3 is 0 Å². The fraction of sp³-hybridized carbons (Fsp3) is 0.692. The van der Waals surface area contributed by atoms with Crippen molar-refractivity contribution in [2.24, 2.45) is 0 Å². The van der Waals surface area contributed by atoms with Gasteiger partial charge in [0.05, 0.1) is 0 Å². The molecule has 0 spiro atoms. The molecule has 0 bridgehead atoms. The number of rotatable bonds is 7. The summed E-state index contributed by atoms with van der Waals surface area (Å²) >= 11 is 1.50. The number of nitrogens with one attached hydrogen (secondary N) is 1. The van der Waals surface area contributed by atoms with Crippen molar-refractivity contribution in [3.8, 4) is 0 Å². The number of sulfonamides is 1. The molecule has 0 radical (unpaired) electrons. The van der Waals surface area contributed by atoms with Crippen LogP contribution in [-0.2, 0) is 16.6 Å². The van der Waals surface area contributed by atoms with Crippen molar-refractivity contribution in [2.45, 2.75) is 51.1 Å². The summed E-state index contributed by atoms with van der Waals surface area (Å²) in [6.07, 6.45) is 1.66. The Hall–Kier alpha value is -0.430. The number of hydrogen-bond donors (Lipinski definition) is 1. The summed E-state index contributed by atoms with van der Waals surface area (Å²) in [5.41, 5.74) is 0.841. The third-order valence-electron chi connectivity index (χ3n) is 3.42. The molecular formula is C13H24N2O2S2. The van der Waals surface area contributed by atoms with Crippen LogP contribution in [0.15, 0.2) is 10.3 Å². The first-order valence-corrected chi connectivity index (χ1v) is 8.91. The minimum Gasteiger partial charge on any atom is -0.315 e. The van der Waals surface area contributed by atoms with E-state index in [9.17, 15) is 8.42 Å². The summed E-state index contributed by atoms with van der Waals surface area (Å²) < 4.78 is 27.1. The number of hydrogen-bond acceptors (Lipinski definition) is 4. The van der Waals surface area contributed by atoms with E-state index in [1.165, 1.54) is 15.6 Å². The molecule has 0 aliphatic rings. The Bertz CT molecular complexity index is 505. The van der Waals surface area contributed by atoms with E-state index in [1.54, 1.807) is 7.05 Å². The van der Waals surface area contributed by atoms with E-state index in [2.05, 4.69) is 5.32 Å². The van der Waals surface area contributed by atoms with Crippen molar-refractivity contribution in [2.75, 3.05) is 14.1 Å². The van der Waals surface area contributed by atoms with Gasteiger partial charge in [0.2, 0.25) is 10.0 Å². The fourth-order valence-corrected chi connectivity index (χ4v) is 5.53. The lowest BCUT2D eigenvalue weighted by atomic mass is 10.2. The predicted molar refractivity (Wildman–Crippen MR) is 81.1 cm³/mol. The molecule has 1 N–H and O–H groups in total. The van der Waals surface area contributed by atoms with Gasteiger partial charge in [0, 0.05) is 24.5 Å². The Morgan fingerprint density at radius 3 is 2.42 bits per heavy atom. The maximum atomic E-state index is 12.8. The van der Waals surface area contributed by atoms with E-state index in [0.29, 0.717) is 11.4 Å². The summed E-state index contributed by atoms with van der Waals surface area (Å²) in [5, 5.41) is 4.95. The SMILES string of the molecule is CCC(CC)N(C)S(=O)(=O)c1c(C)csc1CNC. The molecular weight excluding hydrogens is 280 g/mol. The first-order chi connectivity index (χ1) is 8.89. The zero-order valence-electron chi connectivity index (χ0n) is 12.4. The maximum Gasteiger partial charge on any atom is 0.244 e. The molecule has 0 aliphatic heterocycles. The van der Waals surface area contributed by atoms with E-state index >= 15 is 0 Å². The second-order valence-electron chi connectivity index (χ2n) is 4.69. The molecule has 0 unspecified atom stereocenters. The van der Waals surface area contributed by atoms with Crippen molar-refractivity contribution in [3.63, 3.8) is 0 Å². The van der Waals surface area contributed by atoms with Gasteiger partial charge in [-0.1, -0.05) is 13.8 Å². The average molecular weight is 304 g/mol. The van der Waals surface area contributed by atoms with E-state index in [-0.39, 0.29) is 6.04 Å². The van der Waals surface area contributed by atoms with Crippen LogP contribution in [0, 0.1) is 6.92 Å². The minimum atomic E-state index is -3.40. The lowest BCUT2D eigenvalue weighted by molar-refractivity contribution is 0.349. The molecule has 19 heavy (non-hydrogen) atoms. The zero-order chi connectivity index (χ0) is 14.6. The number of nitrogens with zero attached hydrogens (tertiary/aromatic N) is 1. The van der Waals surface area contributed by atoms with Crippen molar-refractivity contribution < 1.29 is 8.42 Å². The Morgan fingerprint density at radius 1 is 1.37 bits per heavy atom. The molecule has 0 aromatic carbocycles. The molecule has 1 aromatic rings. The molecule has 1 rings (SSSR count). The van der Waals surface area contributed by atoms with Crippen LogP contribution in [-0.4, -0.2) is 32.9 Å². The maximum absolute atomic E-state index is 12.8. The lowest BCUT2D eigenvalue weighted by Gasteiger charge is -2.26. The van der Waals surface area contributed by atoms with E-state index < -0.39 is 10.0 Å². The molecule has 110 valence electrons. The van der Waals surface area contributed by atoms with Crippen LogP contribution in [0.4, 0.5) is 0 Å². The van der Waals surface area contributed by atoms with E-state index in [4.69, 9.17) is 0 Å². The Balaban J connectivity index is 3.23. The predicted octanol–water partition coefficient (Wildman–Crippen LogP) is 2.59. The summed E-state index contributed by atoms with van der Waals surface area (Å²) in [5.74, 6) is 0. The smallest absolute Gasteiger partial charge is 0.244 e. The molecule has 4 nitrogen and oxygen atoms in total. The molecule has 0 saturated carbocycles. The molecule has 0 atom stereocenters. The minimum absolute atomic E-state index is 0.0618. The van der Waals surface area contributed by atoms with Crippen LogP contribution < -0.4 is 5.32 Å². The van der Waals surface area contributed by atoms with Gasteiger partial charge in [-0.25, -0.2) is 8.42 Å². The van der Waals surface area contributed by atoms with Gasteiger partial charge in [-0.05, 0) is 37.8 Å². The highest BCUT2D eigenvalue weighted by molar-refractivity contribution is 7.89. The first-order valence-electron chi connectivity index (χ1n) is 6.59. The average Bonchev–Trinajstić information content (AvgIpc) is 2.73. The molecule has 0 amide bonds. The standard InChI is InChI=1S/C13H24N2O2S2/c1-6-11(7-2)15(5)19(16,17)13-10(3)9-18-12(13)8-14-4/h9,11,14H,6-8H2,1-5H3. The van der Waals surface area contributed by atoms with Gasteiger partial charge in [-0.3, -0.25) is 0 Å². The molecule has 6 heteroatoms. The highest BCUT2D eigenvalue weighted by atomic mass is 32.2. The fourth-order valence-electron chi connectivity index (χ4n) is 2.26. The van der Waals surface area contributed by atoms with Crippen LogP contribution in [0.2, 0.25) is 0 Å². The second kappa shape index (κ2) is 6.83. The summed E-state index contributed by atoms with van der Waals surface area (Å²) in [6, 6.07) is 0.0618. The summed E-state index contributed by atoms with van der Waals surface area (Å²) in [7, 11) is 0.118. The zero-order valence-corrected chi connectivity index (χ0v) is 14.0. The van der Waals surface area contributed by atoms with Crippen molar-refractivity contribution in [1.29, 1.82) is 0 Å². The summed E-state index contributed by atoms with van der Waals surface area (Å²) in [6.45, 7) is 6.50. The largest absolute Gasteiger partial charge is 0.315 e. The monoisotopic (exact) mass is 304 g/mol. The van der Waals surface area contributed by atoms with Crippen molar-refractivity contribution >= 4 is 21.4 Å². The summed E-state index contributed by atoms with van der Waals surface area (Å²) in [4.78, 5) is 1.37. The molecule has 1 heterocycles. The Morgan fingerprint density at radius 2 is 1.95 bits per heavy atom. The van der Waals surface area contributed by atoms with Gasteiger partial charge in [0.25, 0.3) is 0 Å². The van der Waals surface area contributed by atoms with Crippen LogP contribution in [0.25, 0.3) is 0 Å². The van der Waals surface area contributed by atoms with Gasteiger partial charge in [-0.2, -0.15) is 4.31 Å². The van der Waals surface area contributed by atoms with Crippen molar-refractivity contribution in [3.05, 3.63) is 15.8 Å². The first kappa shape index (κ1) is 16.6. The van der Waals surface area contributed by atoms with Gasteiger partial charge < -0.3 is 5.32 Å². The van der Waals surface area contributed by atoms with Crippen LogP contribution >= 0.6 is 11.3 Å². The number of aryl methyl sites for hydroxylation is 1. The molecule has 0 saturated heterocycles. The Labute approximate surface area is 120 Å².